The molecule has 2 rings (SSSR count). The number of hydrogen-bond donors (Lipinski definition) is 3. The van der Waals surface area contributed by atoms with Crippen molar-refractivity contribution < 1.29 is 9.59 Å². The third kappa shape index (κ3) is 4.67. The zero-order valence-corrected chi connectivity index (χ0v) is 14.3. The lowest BCUT2D eigenvalue weighted by molar-refractivity contribution is -0.114. The number of hydrogen-bond acceptors (Lipinski definition) is 3. The highest BCUT2D eigenvalue weighted by atomic mass is 16.2. The van der Waals surface area contributed by atoms with E-state index in [0.717, 1.165) is 24.1 Å². The second kappa shape index (κ2) is 8.26. The van der Waals surface area contributed by atoms with Gasteiger partial charge in [-0.25, -0.2) is 0 Å². The first kappa shape index (κ1) is 17.7. The molecule has 0 aliphatic heterocycles. The van der Waals surface area contributed by atoms with Crippen LogP contribution in [0.3, 0.4) is 0 Å². The third-order valence-electron chi connectivity index (χ3n) is 3.71. The van der Waals surface area contributed by atoms with E-state index in [1.165, 1.54) is 6.92 Å². The van der Waals surface area contributed by atoms with Gasteiger partial charge in [0.25, 0.3) is 5.91 Å². The number of rotatable bonds is 6. The van der Waals surface area contributed by atoms with Crippen LogP contribution in [-0.2, 0) is 11.2 Å². The summed E-state index contributed by atoms with van der Waals surface area (Å²) in [6.07, 6.45) is 0.783. The molecule has 5 heteroatoms. The number of benzene rings is 2. The van der Waals surface area contributed by atoms with Gasteiger partial charge in [-0.15, -0.1) is 0 Å². The largest absolute Gasteiger partial charge is 0.326 e. The molecule has 24 heavy (non-hydrogen) atoms. The highest BCUT2D eigenvalue weighted by molar-refractivity contribution is 6.05. The average Bonchev–Trinajstić information content (AvgIpc) is 2.55. The van der Waals surface area contributed by atoms with Crippen LogP contribution in [0.15, 0.2) is 42.5 Å². The Kier molecular flexibility index (Phi) is 6.09. The van der Waals surface area contributed by atoms with Crippen LogP contribution in [-0.4, -0.2) is 25.4 Å². The van der Waals surface area contributed by atoms with Gasteiger partial charge < -0.3 is 16.0 Å². The highest BCUT2D eigenvalue weighted by Crippen LogP contribution is 2.21. The van der Waals surface area contributed by atoms with Crippen LogP contribution in [0.25, 0.3) is 0 Å². The molecule has 0 radical (unpaired) electrons. The first-order valence-corrected chi connectivity index (χ1v) is 7.93. The lowest BCUT2D eigenvalue weighted by atomic mass is 10.0. The number of anilines is 2. The monoisotopic (exact) mass is 325 g/mol. The smallest absolute Gasteiger partial charge is 0.255 e. The van der Waals surface area contributed by atoms with Crippen molar-refractivity contribution in [3.63, 3.8) is 0 Å². The molecule has 126 valence electrons. The maximum atomic E-state index is 12.6. The van der Waals surface area contributed by atoms with Crippen LogP contribution in [0.2, 0.25) is 0 Å². The molecule has 2 aromatic carbocycles. The Bertz CT molecular complexity index is 741. The Labute approximate surface area is 142 Å². The van der Waals surface area contributed by atoms with Gasteiger partial charge in [0.05, 0.1) is 0 Å². The van der Waals surface area contributed by atoms with Gasteiger partial charge in [0, 0.05) is 23.9 Å². The Balaban J connectivity index is 2.19. The van der Waals surface area contributed by atoms with E-state index in [1.54, 1.807) is 6.07 Å². The number of amides is 2. The van der Waals surface area contributed by atoms with Gasteiger partial charge in [-0.3, -0.25) is 9.59 Å². The van der Waals surface area contributed by atoms with Crippen LogP contribution in [0, 0.1) is 6.92 Å². The van der Waals surface area contributed by atoms with Crippen LogP contribution in [0.5, 0.6) is 0 Å². The third-order valence-corrected chi connectivity index (χ3v) is 3.71. The van der Waals surface area contributed by atoms with Gasteiger partial charge in [-0.2, -0.15) is 0 Å². The quantitative estimate of drug-likeness (QED) is 0.765. The van der Waals surface area contributed by atoms with E-state index in [1.807, 2.05) is 50.4 Å². The molecule has 0 aliphatic carbocycles. The van der Waals surface area contributed by atoms with Crippen LogP contribution >= 0.6 is 0 Å². The Hall–Kier alpha value is -2.66. The SMILES string of the molecule is CNCCc1ccccc1C(=O)Nc1ccc(C)c(NC(C)=O)c1. The molecular weight excluding hydrogens is 302 g/mol. The summed E-state index contributed by atoms with van der Waals surface area (Å²) in [7, 11) is 1.89. The minimum absolute atomic E-state index is 0.140. The summed E-state index contributed by atoms with van der Waals surface area (Å²) in [4.78, 5) is 23.9. The Morgan fingerprint density at radius 2 is 1.79 bits per heavy atom. The molecule has 0 saturated heterocycles. The second-order valence-electron chi connectivity index (χ2n) is 5.68. The molecule has 2 amide bonds. The molecule has 0 unspecified atom stereocenters. The van der Waals surface area contributed by atoms with Crippen molar-refractivity contribution in [2.45, 2.75) is 20.3 Å². The van der Waals surface area contributed by atoms with Gasteiger partial charge >= 0.3 is 0 Å². The predicted molar refractivity (Wildman–Crippen MR) is 97.5 cm³/mol. The van der Waals surface area contributed by atoms with Crippen molar-refractivity contribution in [1.29, 1.82) is 0 Å². The maximum Gasteiger partial charge on any atom is 0.255 e. The summed E-state index contributed by atoms with van der Waals surface area (Å²) in [5.41, 5.74) is 3.95. The number of nitrogens with one attached hydrogen (secondary N) is 3. The van der Waals surface area contributed by atoms with Crippen LogP contribution in [0.4, 0.5) is 11.4 Å². The van der Waals surface area contributed by atoms with Crippen molar-refractivity contribution in [1.82, 2.24) is 5.32 Å². The molecule has 0 heterocycles. The summed E-state index contributed by atoms with van der Waals surface area (Å²) in [5.74, 6) is -0.293. The standard InChI is InChI=1S/C19H23N3O2/c1-13-8-9-16(12-18(13)21-14(2)23)22-19(24)17-7-5-4-6-15(17)10-11-20-3/h4-9,12,20H,10-11H2,1-3H3,(H,21,23)(H,22,24). The summed E-state index contributed by atoms with van der Waals surface area (Å²) in [6.45, 7) is 4.17. The molecule has 5 nitrogen and oxygen atoms in total. The van der Waals surface area contributed by atoms with Gasteiger partial charge in [0.1, 0.15) is 0 Å². The van der Waals surface area contributed by atoms with Crippen molar-refractivity contribution in [2.75, 3.05) is 24.2 Å². The Morgan fingerprint density at radius 3 is 2.50 bits per heavy atom. The Morgan fingerprint density at radius 1 is 1.04 bits per heavy atom. The molecule has 0 atom stereocenters. The van der Waals surface area contributed by atoms with E-state index in [0.29, 0.717) is 16.9 Å². The summed E-state index contributed by atoms with van der Waals surface area (Å²) in [6, 6.07) is 13.0. The van der Waals surface area contributed by atoms with E-state index in [4.69, 9.17) is 0 Å². The summed E-state index contributed by atoms with van der Waals surface area (Å²) in [5, 5.41) is 8.76. The topological polar surface area (TPSA) is 70.2 Å². The molecule has 0 bridgehead atoms. The fourth-order valence-electron chi connectivity index (χ4n) is 2.44. The molecule has 2 aromatic rings. The molecule has 0 aliphatic rings. The summed E-state index contributed by atoms with van der Waals surface area (Å²) >= 11 is 0. The van der Waals surface area contributed by atoms with Crippen molar-refractivity contribution in [3.8, 4) is 0 Å². The lowest BCUT2D eigenvalue weighted by Gasteiger charge is -2.12. The summed E-state index contributed by atoms with van der Waals surface area (Å²) < 4.78 is 0. The molecule has 0 saturated carbocycles. The number of carbonyl (C=O) groups excluding carboxylic acids is 2. The van der Waals surface area contributed by atoms with Gasteiger partial charge in [0.15, 0.2) is 0 Å². The fourth-order valence-corrected chi connectivity index (χ4v) is 2.44. The van der Waals surface area contributed by atoms with Crippen LogP contribution in [0.1, 0.15) is 28.4 Å². The number of likely N-dealkylation sites (N-methyl/N-ethyl adjacent to an activating group) is 1. The zero-order chi connectivity index (χ0) is 17.5. The normalized spacial score (nSPS) is 10.3. The van der Waals surface area contributed by atoms with Crippen LogP contribution < -0.4 is 16.0 Å². The molecule has 0 aromatic heterocycles. The molecule has 0 fully saturated rings. The van der Waals surface area contributed by atoms with E-state index in [9.17, 15) is 9.59 Å². The zero-order valence-electron chi connectivity index (χ0n) is 14.3. The number of aryl methyl sites for hydroxylation is 1. The predicted octanol–water partition coefficient (Wildman–Crippen LogP) is 2.97. The first-order valence-electron chi connectivity index (χ1n) is 7.93. The van der Waals surface area contributed by atoms with E-state index in [-0.39, 0.29) is 11.8 Å². The maximum absolute atomic E-state index is 12.6. The van der Waals surface area contributed by atoms with E-state index < -0.39 is 0 Å². The molecular formula is C19H23N3O2. The minimum atomic E-state index is -0.153. The molecule has 3 N–H and O–H groups in total. The van der Waals surface area contributed by atoms with Gasteiger partial charge in [-0.05, 0) is 56.3 Å². The number of carbonyl (C=O) groups is 2. The fraction of sp³-hybridized carbons (Fsp3) is 0.263. The van der Waals surface area contributed by atoms with Gasteiger partial charge in [-0.1, -0.05) is 24.3 Å². The first-order chi connectivity index (χ1) is 11.5. The average molecular weight is 325 g/mol. The van der Waals surface area contributed by atoms with E-state index in [2.05, 4.69) is 16.0 Å². The lowest BCUT2D eigenvalue weighted by Crippen LogP contribution is -2.17. The van der Waals surface area contributed by atoms with Crippen molar-refractivity contribution >= 4 is 23.2 Å². The van der Waals surface area contributed by atoms with Crippen molar-refractivity contribution in [3.05, 3.63) is 59.2 Å². The molecule has 0 spiro atoms. The minimum Gasteiger partial charge on any atom is -0.326 e. The van der Waals surface area contributed by atoms with Gasteiger partial charge in [0.2, 0.25) is 5.91 Å². The highest BCUT2D eigenvalue weighted by Gasteiger charge is 2.11. The van der Waals surface area contributed by atoms with E-state index >= 15 is 0 Å². The second-order valence-corrected chi connectivity index (χ2v) is 5.68. The van der Waals surface area contributed by atoms with Crippen molar-refractivity contribution in [2.24, 2.45) is 0 Å².